The van der Waals surface area contributed by atoms with Crippen LogP contribution in [-0.4, -0.2) is 19.8 Å². The molecule has 0 spiro atoms. The van der Waals surface area contributed by atoms with Crippen molar-refractivity contribution in [1.82, 2.24) is 5.32 Å². The largest absolute Gasteiger partial charge is 0.486 e. The first-order chi connectivity index (χ1) is 10.3. The molecule has 1 aliphatic rings. The molecule has 0 aliphatic carbocycles. The summed E-state index contributed by atoms with van der Waals surface area (Å²) in [6.07, 6.45) is 1.06. The van der Waals surface area contributed by atoms with Crippen molar-refractivity contribution in [2.24, 2.45) is 0 Å². The van der Waals surface area contributed by atoms with E-state index in [0.29, 0.717) is 13.2 Å². The Labute approximate surface area is 129 Å². The maximum atomic E-state index is 5.72. The highest BCUT2D eigenvalue weighted by Gasteiger charge is 2.20. The van der Waals surface area contributed by atoms with Crippen molar-refractivity contribution in [2.45, 2.75) is 26.3 Å². The van der Waals surface area contributed by atoms with Crippen molar-refractivity contribution in [3.8, 4) is 11.5 Å². The first-order valence-corrected chi connectivity index (χ1v) is 8.40. The van der Waals surface area contributed by atoms with E-state index in [1.54, 1.807) is 0 Å². The van der Waals surface area contributed by atoms with Crippen LogP contribution in [0, 0.1) is 0 Å². The van der Waals surface area contributed by atoms with Crippen LogP contribution >= 0.6 is 11.3 Å². The van der Waals surface area contributed by atoms with Gasteiger partial charge in [0.15, 0.2) is 11.5 Å². The third-order valence-electron chi connectivity index (χ3n) is 3.73. The number of hydrogen-bond acceptors (Lipinski definition) is 4. The van der Waals surface area contributed by atoms with Gasteiger partial charge in [-0.2, -0.15) is 0 Å². The number of rotatable bonds is 5. The van der Waals surface area contributed by atoms with Gasteiger partial charge in [-0.05, 0) is 47.7 Å². The average molecular weight is 303 g/mol. The molecule has 0 saturated carbocycles. The molecule has 4 heteroatoms. The number of hydrogen-bond donors (Lipinski definition) is 1. The Bertz CT molecular complexity index is 609. The Hall–Kier alpha value is -1.52. The molecule has 0 radical (unpaired) electrons. The van der Waals surface area contributed by atoms with E-state index in [-0.39, 0.29) is 6.04 Å². The van der Waals surface area contributed by atoms with Gasteiger partial charge in [0, 0.05) is 4.88 Å². The second-order valence-electron chi connectivity index (χ2n) is 5.06. The second-order valence-corrected chi connectivity index (χ2v) is 6.01. The number of benzene rings is 1. The standard InChI is InChI=1S/C17H21NO2S/c1-3-12-7-10-21-17(12)16(18-4-2)13-5-6-14-15(11-13)20-9-8-19-14/h5-7,10-11,16,18H,3-4,8-9H2,1-2H3. The number of thiophene rings is 1. The van der Waals surface area contributed by atoms with Crippen LogP contribution in [0.25, 0.3) is 0 Å². The highest BCUT2D eigenvalue weighted by molar-refractivity contribution is 7.10. The van der Waals surface area contributed by atoms with Gasteiger partial charge in [-0.25, -0.2) is 0 Å². The zero-order chi connectivity index (χ0) is 14.7. The van der Waals surface area contributed by atoms with Crippen molar-refractivity contribution in [2.75, 3.05) is 19.8 Å². The van der Waals surface area contributed by atoms with Crippen molar-refractivity contribution in [1.29, 1.82) is 0 Å². The highest BCUT2D eigenvalue weighted by Crippen LogP contribution is 2.36. The first-order valence-electron chi connectivity index (χ1n) is 7.52. The minimum atomic E-state index is 0.223. The maximum Gasteiger partial charge on any atom is 0.161 e. The average Bonchev–Trinajstić information content (AvgIpc) is 3.00. The van der Waals surface area contributed by atoms with Crippen LogP contribution in [0.2, 0.25) is 0 Å². The molecule has 1 unspecified atom stereocenters. The smallest absolute Gasteiger partial charge is 0.161 e. The molecule has 1 aliphatic heterocycles. The summed E-state index contributed by atoms with van der Waals surface area (Å²) in [5, 5.41) is 5.77. The fourth-order valence-corrected chi connectivity index (χ4v) is 3.80. The molecule has 1 atom stereocenters. The van der Waals surface area contributed by atoms with E-state index >= 15 is 0 Å². The Morgan fingerprint density at radius 3 is 2.71 bits per heavy atom. The molecule has 2 heterocycles. The van der Waals surface area contributed by atoms with Crippen LogP contribution in [0.1, 0.15) is 35.9 Å². The number of aryl methyl sites for hydroxylation is 1. The number of nitrogens with one attached hydrogen (secondary N) is 1. The Kier molecular flexibility index (Phi) is 4.46. The topological polar surface area (TPSA) is 30.5 Å². The van der Waals surface area contributed by atoms with Crippen LogP contribution in [0.4, 0.5) is 0 Å². The van der Waals surface area contributed by atoms with E-state index in [4.69, 9.17) is 9.47 Å². The molecule has 21 heavy (non-hydrogen) atoms. The fraction of sp³-hybridized carbons (Fsp3) is 0.412. The van der Waals surface area contributed by atoms with Crippen molar-refractivity contribution < 1.29 is 9.47 Å². The summed E-state index contributed by atoms with van der Waals surface area (Å²) < 4.78 is 11.3. The van der Waals surface area contributed by atoms with Crippen molar-refractivity contribution in [3.63, 3.8) is 0 Å². The summed E-state index contributed by atoms with van der Waals surface area (Å²) in [7, 11) is 0. The lowest BCUT2D eigenvalue weighted by molar-refractivity contribution is 0.171. The molecule has 2 aromatic rings. The molecule has 0 saturated heterocycles. The van der Waals surface area contributed by atoms with E-state index in [1.165, 1.54) is 16.0 Å². The maximum absolute atomic E-state index is 5.72. The summed E-state index contributed by atoms with van der Waals surface area (Å²) >= 11 is 1.82. The lowest BCUT2D eigenvalue weighted by Crippen LogP contribution is -2.22. The van der Waals surface area contributed by atoms with Gasteiger partial charge in [-0.3, -0.25) is 0 Å². The van der Waals surface area contributed by atoms with Crippen LogP contribution in [0.5, 0.6) is 11.5 Å². The van der Waals surface area contributed by atoms with Gasteiger partial charge in [0.25, 0.3) is 0 Å². The molecule has 0 fully saturated rings. The molecule has 1 N–H and O–H groups in total. The number of ether oxygens (including phenoxy) is 2. The molecule has 3 rings (SSSR count). The van der Waals surface area contributed by atoms with Gasteiger partial charge in [0.05, 0.1) is 6.04 Å². The Balaban J connectivity index is 1.97. The summed E-state index contributed by atoms with van der Waals surface area (Å²) in [6.45, 7) is 6.54. The molecule has 1 aromatic heterocycles. The van der Waals surface area contributed by atoms with E-state index in [1.807, 2.05) is 17.4 Å². The zero-order valence-electron chi connectivity index (χ0n) is 12.5. The Morgan fingerprint density at radius 2 is 1.95 bits per heavy atom. The minimum Gasteiger partial charge on any atom is -0.486 e. The molecule has 112 valence electrons. The van der Waals surface area contributed by atoms with Crippen molar-refractivity contribution >= 4 is 11.3 Å². The zero-order valence-corrected chi connectivity index (χ0v) is 13.3. The van der Waals surface area contributed by atoms with Gasteiger partial charge in [0.1, 0.15) is 13.2 Å². The highest BCUT2D eigenvalue weighted by atomic mass is 32.1. The molecular formula is C17H21NO2S. The van der Waals surface area contributed by atoms with Crippen LogP contribution in [0.3, 0.4) is 0 Å². The molecular weight excluding hydrogens is 282 g/mol. The first kappa shape index (κ1) is 14.4. The lowest BCUT2D eigenvalue weighted by Gasteiger charge is -2.23. The SMILES string of the molecule is CCNC(c1ccc2c(c1)OCCO2)c1sccc1CC. The summed E-state index contributed by atoms with van der Waals surface area (Å²) in [6, 6.07) is 8.72. The van der Waals surface area contributed by atoms with E-state index < -0.39 is 0 Å². The monoisotopic (exact) mass is 303 g/mol. The van der Waals surface area contributed by atoms with Crippen LogP contribution < -0.4 is 14.8 Å². The molecule has 0 bridgehead atoms. The molecule has 3 nitrogen and oxygen atoms in total. The third kappa shape index (κ3) is 2.92. The summed E-state index contributed by atoms with van der Waals surface area (Å²) in [5.41, 5.74) is 2.65. The summed E-state index contributed by atoms with van der Waals surface area (Å²) in [4.78, 5) is 1.40. The normalized spacial score (nSPS) is 15.0. The van der Waals surface area contributed by atoms with Gasteiger partial charge in [-0.1, -0.05) is 19.9 Å². The molecule has 1 aromatic carbocycles. The van der Waals surface area contributed by atoms with Gasteiger partial charge < -0.3 is 14.8 Å². The number of fused-ring (bicyclic) bond motifs is 1. The summed E-state index contributed by atoms with van der Waals surface area (Å²) in [5.74, 6) is 1.71. The minimum absolute atomic E-state index is 0.223. The predicted molar refractivity (Wildman–Crippen MR) is 86.6 cm³/mol. The second kappa shape index (κ2) is 6.50. The van der Waals surface area contributed by atoms with Gasteiger partial charge in [-0.15, -0.1) is 11.3 Å². The lowest BCUT2D eigenvalue weighted by atomic mass is 10.0. The fourth-order valence-electron chi connectivity index (χ4n) is 2.70. The third-order valence-corrected chi connectivity index (χ3v) is 4.76. The van der Waals surface area contributed by atoms with Gasteiger partial charge in [0.2, 0.25) is 0 Å². The van der Waals surface area contributed by atoms with Gasteiger partial charge >= 0.3 is 0 Å². The quantitative estimate of drug-likeness (QED) is 0.912. The van der Waals surface area contributed by atoms with E-state index in [9.17, 15) is 0 Å². The van der Waals surface area contributed by atoms with Crippen molar-refractivity contribution in [3.05, 3.63) is 45.6 Å². The van der Waals surface area contributed by atoms with E-state index in [0.717, 1.165) is 24.5 Å². The predicted octanol–water partition coefficient (Wildman–Crippen LogP) is 3.78. The van der Waals surface area contributed by atoms with E-state index in [2.05, 4.69) is 42.7 Å². The van der Waals surface area contributed by atoms with Crippen LogP contribution in [-0.2, 0) is 6.42 Å². The Morgan fingerprint density at radius 1 is 1.14 bits per heavy atom. The van der Waals surface area contributed by atoms with Crippen LogP contribution in [0.15, 0.2) is 29.6 Å². The molecule has 0 amide bonds.